The van der Waals surface area contributed by atoms with Gasteiger partial charge in [-0.1, -0.05) is 34.4 Å². The summed E-state index contributed by atoms with van der Waals surface area (Å²) in [4.78, 5) is 2.60. The maximum atomic E-state index is 8.06. The summed E-state index contributed by atoms with van der Waals surface area (Å²) >= 11 is 11.2. The van der Waals surface area contributed by atoms with Gasteiger partial charge in [0.05, 0.1) is 10.0 Å². The van der Waals surface area contributed by atoms with E-state index in [-0.39, 0.29) is 0 Å². The number of hydrogen-bond donors (Lipinski definition) is 0. The van der Waals surface area contributed by atoms with Gasteiger partial charge in [-0.15, -0.1) is 0 Å². The first kappa shape index (κ1) is 8.21. The molecule has 0 aromatic heterocycles. The van der Waals surface area contributed by atoms with E-state index in [4.69, 9.17) is 28.7 Å². The highest BCUT2D eigenvalue weighted by molar-refractivity contribution is 6.42. The van der Waals surface area contributed by atoms with E-state index in [2.05, 4.69) is 10.0 Å². The van der Waals surface area contributed by atoms with Gasteiger partial charge in [-0.2, -0.15) is 0 Å². The second-order valence-electron chi connectivity index (χ2n) is 1.79. The van der Waals surface area contributed by atoms with Gasteiger partial charge in [-0.25, -0.2) is 0 Å². The third kappa shape index (κ3) is 2.02. The van der Waals surface area contributed by atoms with E-state index in [1.807, 2.05) is 0 Å². The van der Waals surface area contributed by atoms with Crippen LogP contribution in [0.4, 0.5) is 5.69 Å². The molecule has 1 rings (SSSR count). The molecule has 56 valence electrons. The molecular formula is C6H3Cl2N3. The molecule has 3 nitrogen and oxygen atoms in total. The lowest BCUT2D eigenvalue weighted by Gasteiger charge is -1.94. The van der Waals surface area contributed by atoms with Crippen LogP contribution in [-0.4, -0.2) is 0 Å². The first-order valence-corrected chi connectivity index (χ1v) is 3.50. The van der Waals surface area contributed by atoms with Crippen molar-refractivity contribution in [2.24, 2.45) is 5.11 Å². The van der Waals surface area contributed by atoms with Crippen LogP contribution in [0.25, 0.3) is 10.4 Å². The van der Waals surface area contributed by atoms with Gasteiger partial charge in [0.15, 0.2) is 0 Å². The van der Waals surface area contributed by atoms with Crippen LogP contribution in [0.1, 0.15) is 0 Å². The Morgan fingerprint density at radius 2 is 2.00 bits per heavy atom. The van der Waals surface area contributed by atoms with Crippen LogP contribution >= 0.6 is 23.2 Å². The predicted octanol–water partition coefficient (Wildman–Crippen LogP) is 3.94. The minimum atomic E-state index is 0.386. The molecule has 0 bridgehead atoms. The van der Waals surface area contributed by atoms with Crippen molar-refractivity contribution in [1.29, 1.82) is 0 Å². The van der Waals surface area contributed by atoms with Crippen molar-refractivity contribution in [1.82, 2.24) is 0 Å². The maximum Gasteiger partial charge on any atom is 0.0596 e. The molecule has 0 aliphatic carbocycles. The first-order valence-electron chi connectivity index (χ1n) is 2.74. The van der Waals surface area contributed by atoms with E-state index in [0.717, 1.165) is 0 Å². The molecule has 0 aliphatic heterocycles. The third-order valence-corrected chi connectivity index (χ3v) is 1.80. The number of azide groups is 1. The lowest BCUT2D eigenvalue weighted by molar-refractivity contribution is 1.48. The Labute approximate surface area is 73.2 Å². The topological polar surface area (TPSA) is 48.8 Å². The number of hydrogen-bond acceptors (Lipinski definition) is 1. The summed E-state index contributed by atoms with van der Waals surface area (Å²) in [6.07, 6.45) is 0. The van der Waals surface area contributed by atoms with Crippen LogP contribution in [0.5, 0.6) is 0 Å². The van der Waals surface area contributed by atoms with Crippen molar-refractivity contribution in [3.8, 4) is 0 Å². The van der Waals surface area contributed by atoms with Gasteiger partial charge in [0.25, 0.3) is 0 Å². The van der Waals surface area contributed by atoms with E-state index in [0.29, 0.717) is 15.7 Å². The monoisotopic (exact) mass is 187 g/mol. The average Bonchev–Trinajstić information content (AvgIpc) is 1.98. The molecule has 0 aliphatic rings. The molecular weight excluding hydrogens is 185 g/mol. The van der Waals surface area contributed by atoms with Gasteiger partial charge < -0.3 is 0 Å². The lowest BCUT2D eigenvalue weighted by atomic mass is 10.3. The fraction of sp³-hybridized carbons (Fsp3) is 0. The van der Waals surface area contributed by atoms with E-state index in [1.54, 1.807) is 12.1 Å². The second kappa shape index (κ2) is 3.49. The zero-order valence-corrected chi connectivity index (χ0v) is 6.84. The molecule has 0 saturated carbocycles. The molecule has 0 heterocycles. The summed E-state index contributed by atoms with van der Waals surface area (Å²) in [5, 5.41) is 4.18. The van der Waals surface area contributed by atoms with Gasteiger partial charge in [0.1, 0.15) is 0 Å². The number of benzene rings is 1. The van der Waals surface area contributed by atoms with E-state index in [9.17, 15) is 0 Å². The Bertz CT molecular complexity index is 318. The Kier molecular flexibility index (Phi) is 2.60. The molecule has 0 unspecified atom stereocenters. The normalized spacial score (nSPS) is 8.91. The van der Waals surface area contributed by atoms with E-state index < -0.39 is 0 Å². The zero-order chi connectivity index (χ0) is 8.27. The highest BCUT2D eigenvalue weighted by atomic mass is 35.5. The highest BCUT2D eigenvalue weighted by Crippen LogP contribution is 2.26. The number of halogens is 2. The van der Waals surface area contributed by atoms with Gasteiger partial charge in [0, 0.05) is 10.6 Å². The van der Waals surface area contributed by atoms with Gasteiger partial charge >= 0.3 is 0 Å². The molecule has 1 aromatic carbocycles. The Morgan fingerprint density at radius 1 is 1.27 bits per heavy atom. The Morgan fingerprint density at radius 3 is 2.55 bits per heavy atom. The van der Waals surface area contributed by atoms with Crippen LogP contribution in [0.3, 0.4) is 0 Å². The largest absolute Gasteiger partial charge is 0.0827 e. The molecule has 0 N–H and O–H groups in total. The summed E-state index contributed by atoms with van der Waals surface area (Å²) in [6.45, 7) is 0. The third-order valence-electron chi connectivity index (χ3n) is 1.06. The van der Waals surface area contributed by atoms with Crippen molar-refractivity contribution in [3.63, 3.8) is 0 Å². The highest BCUT2D eigenvalue weighted by Gasteiger charge is 1.96. The summed E-state index contributed by atoms with van der Waals surface area (Å²) in [7, 11) is 0. The van der Waals surface area contributed by atoms with Crippen LogP contribution in [0.15, 0.2) is 23.3 Å². The standard InChI is InChI=1S/C6H3Cl2N3/c7-5-2-1-4(10-11-9)3-6(5)8/h1-3H. The minimum absolute atomic E-state index is 0.386. The van der Waals surface area contributed by atoms with Crippen LogP contribution < -0.4 is 0 Å². The average molecular weight is 188 g/mol. The molecule has 0 saturated heterocycles. The molecule has 0 amide bonds. The van der Waals surface area contributed by atoms with E-state index >= 15 is 0 Å². The summed E-state index contributed by atoms with van der Waals surface area (Å²) in [6, 6.07) is 4.67. The minimum Gasteiger partial charge on any atom is -0.0827 e. The molecule has 5 heteroatoms. The zero-order valence-electron chi connectivity index (χ0n) is 5.33. The molecule has 11 heavy (non-hydrogen) atoms. The van der Waals surface area contributed by atoms with Crippen molar-refractivity contribution in [2.75, 3.05) is 0 Å². The van der Waals surface area contributed by atoms with Crippen molar-refractivity contribution >= 4 is 28.9 Å². The van der Waals surface area contributed by atoms with Crippen molar-refractivity contribution in [3.05, 3.63) is 38.7 Å². The number of nitrogens with zero attached hydrogens (tertiary/aromatic N) is 3. The fourth-order valence-corrected chi connectivity index (χ4v) is 0.891. The molecule has 0 spiro atoms. The van der Waals surface area contributed by atoms with Gasteiger partial charge in [-0.3, -0.25) is 0 Å². The SMILES string of the molecule is [N-]=[N+]=Nc1ccc(Cl)c(Cl)c1. The quantitative estimate of drug-likeness (QED) is 0.364. The molecule has 0 radical (unpaired) electrons. The summed E-state index contributed by atoms with van der Waals surface area (Å²) in [5.74, 6) is 0. The summed E-state index contributed by atoms with van der Waals surface area (Å²) < 4.78 is 0. The Hall–Kier alpha value is -0.890. The summed E-state index contributed by atoms with van der Waals surface area (Å²) in [5.41, 5.74) is 8.52. The van der Waals surface area contributed by atoms with Crippen molar-refractivity contribution in [2.45, 2.75) is 0 Å². The molecule has 0 fully saturated rings. The van der Waals surface area contributed by atoms with Crippen LogP contribution in [-0.2, 0) is 0 Å². The maximum absolute atomic E-state index is 8.06. The number of rotatable bonds is 1. The molecule has 1 aromatic rings. The predicted molar refractivity (Wildman–Crippen MR) is 45.3 cm³/mol. The first-order chi connectivity index (χ1) is 5.24. The van der Waals surface area contributed by atoms with E-state index in [1.165, 1.54) is 6.07 Å². The van der Waals surface area contributed by atoms with Crippen molar-refractivity contribution < 1.29 is 0 Å². The second-order valence-corrected chi connectivity index (χ2v) is 2.60. The molecule has 0 atom stereocenters. The Balaban J connectivity index is 3.14. The van der Waals surface area contributed by atoms with Gasteiger partial charge in [0.2, 0.25) is 0 Å². The van der Waals surface area contributed by atoms with Crippen LogP contribution in [0.2, 0.25) is 10.0 Å². The smallest absolute Gasteiger partial charge is 0.0596 e. The lowest BCUT2D eigenvalue weighted by Crippen LogP contribution is -1.66. The van der Waals surface area contributed by atoms with Crippen LogP contribution in [0, 0.1) is 0 Å². The van der Waals surface area contributed by atoms with Gasteiger partial charge in [-0.05, 0) is 17.7 Å². The fourth-order valence-electron chi connectivity index (χ4n) is 0.599.